The van der Waals surface area contributed by atoms with Crippen molar-refractivity contribution >= 4 is 12.4 Å². The lowest BCUT2D eigenvalue weighted by atomic mass is 9.96. The van der Waals surface area contributed by atoms with Gasteiger partial charge in [0.15, 0.2) is 11.5 Å². The summed E-state index contributed by atoms with van der Waals surface area (Å²) in [4.78, 5) is 0. The molecule has 1 aromatic rings. The molecular weight excluding hydrogens is 214 g/mol. The van der Waals surface area contributed by atoms with Gasteiger partial charge < -0.3 is 15.2 Å². The molecule has 0 saturated carbocycles. The second-order valence-corrected chi connectivity index (χ2v) is 3.57. The molecule has 2 N–H and O–H groups in total. The van der Waals surface area contributed by atoms with Gasteiger partial charge in [0.2, 0.25) is 0 Å². The van der Waals surface area contributed by atoms with Crippen LogP contribution in [0.1, 0.15) is 23.6 Å². The zero-order chi connectivity index (χ0) is 10.1. The highest BCUT2D eigenvalue weighted by atomic mass is 35.5. The van der Waals surface area contributed by atoms with E-state index < -0.39 is 0 Å². The van der Waals surface area contributed by atoms with E-state index in [1.54, 1.807) is 7.11 Å². The van der Waals surface area contributed by atoms with E-state index >= 15 is 0 Å². The lowest BCUT2D eigenvalue weighted by molar-refractivity contribution is 0.252. The molecular formula is C11H16ClNO2. The minimum absolute atomic E-state index is 0. The largest absolute Gasteiger partial charge is 0.493 e. The molecule has 1 aliphatic heterocycles. The van der Waals surface area contributed by atoms with E-state index in [2.05, 4.69) is 0 Å². The van der Waals surface area contributed by atoms with Crippen LogP contribution in [-0.4, -0.2) is 13.7 Å². The minimum Gasteiger partial charge on any atom is -0.493 e. The van der Waals surface area contributed by atoms with Gasteiger partial charge in [-0.15, -0.1) is 12.4 Å². The Morgan fingerprint density at radius 2 is 2.20 bits per heavy atom. The first-order chi connectivity index (χ1) is 6.74. The number of aryl methyl sites for hydroxylation is 1. The zero-order valence-corrected chi connectivity index (χ0v) is 9.76. The Bertz CT molecular complexity index is 355. The van der Waals surface area contributed by atoms with Crippen LogP contribution in [0.3, 0.4) is 0 Å². The predicted molar refractivity (Wildman–Crippen MR) is 62.0 cm³/mol. The van der Waals surface area contributed by atoms with E-state index in [0.717, 1.165) is 23.5 Å². The summed E-state index contributed by atoms with van der Waals surface area (Å²) >= 11 is 0. The van der Waals surface area contributed by atoms with Crippen molar-refractivity contribution in [1.82, 2.24) is 0 Å². The summed E-state index contributed by atoms with van der Waals surface area (Å²) in [5.74, 6) is 1.60. The summed E-state index contributed by atoms with van der Waals surface area (Å²) in [6, 6.07) is 4.02. The van der Waals surface area contributed by atoms with Gasteiger partial charge in [-0.05, 0) is 18.6 Å². The molecule has 0 unspecified atom stereocenters. The molecule has 0 fully saturated rings. The van der Waals surface area contributed by atoms with Crippen LogP contribution in [0.15, 0.2) is 12.1 Å². The van der Waals surface area contributed by atoms with Crippen LogP contribution in [-0.2, 0) is 0 Å². The molecule has 3 nitrogen and oxygen atoms in total. The van der Waals surface area contributed by atoms with Crippen molar-refractivity contribution in [3.05, 3.63) is 23.3 Å². The summed E-state index contributed by atoms with van der Waals surface area (Å²) < 4.78 is 10.8. The molecule has 0 aromatic heterocycles. The molecule has 0 radical (unpaired) electrons. The van der Waals surface area contributed by atoms with Crippen molar-refractivity contribution in [2.75, 3.05) is 13.7 Å². The Labute approximate surface area is 96.0 Å². The number of fused-ring (bicyclic) bond motifs is 1. The summed E-state index contributed by atoms with van der Waals surface area (Å²) in [7, 11) is 1.65. The number of halogens is 1. The second kappa shape index (κ2) is 4.73. The molecule has 1 heterocycles. The van der Waals surface area contributed by atoms with Gasteiger partial charge in [-0.25, -0.2) is 0 Å². The monoisotopic (exact) mass is 229 g/mol. The molecule has 0 aliphatic carbocycles. The second-order valence-electron chi connectivity index (χ2n) is 3.57. The fraction of sp³-hybridized carbons (Fsp3) is 0.455. The Kier molecular flexibility index (Phi) is 3.83. The zero-order valence-electron chi connectivity index (χ0n) is 8.95. The molecule has 4 heteroatoms. The smallest absolute Gasteiger partial charge is 0.166 e. The van der Waals surface area contributed by atoms with Crippen molar-refractivity contribution in [2.24, 2.45) is 5.73 Å². The van der Waals surface area contributed by atoms with Crippen LogP contribution >= 0.6 is 12.4 Å². The van der Waals surface area contributed by atoms with E-state index in [1.807, 2.05) is 19.1 Å². The summed E-state index contributed by atoms with van der Waals surface area (Å²) in [5.41, 5.74) is 8.30. The predicted octanol–water partition coefficient (Wildman–Crippen LogP) is 2.21. The van der Waals surface area contributed by atoms with Crippen LogP contribution < -0.4 is 15.2 Å². The van der Waals surface area contributed by atoms with E-state index in [9.17, 15) is 0 Å². The third kappa shape index (κ3) is 2.03. The van der Waals surface area contributed by atoms with E-state index in [-0.39, 0.29) is 18.4 Å². The number of methoxy groups -OCH3 is 1. The quantitative estimate of drug-likeness (QED) is 0.803. The Balaban J connectivity index is 0.00000112. The Hall–Kier alpha value is -0.930. The molecule has 15 heavy (non-hydrogen) atoms. The molecule has 1 aromatic carbocycles. The van der Waals surface area contributed by atoms with Crippen LogP contribution in [0.2, 0.25) is 0 Å². The highest BCUT2D eigenvalue weighted by Gasteiger charge is 2.23. The number of hydrogen-bond donors (Lipinski definition) is 1. The van der Waals surface area contributed by atoms with Crippen LogP contribution in [0.4, 0.5) is 0 Å². The van der Waals surface area contributed by atoms with Crippen LogP contribution in [0.5, 0.6) is 11.5 Å². The van der Waals surface area contributed by atoms with Gasteiger partial charge in [-0.3, -0.25) is 0 Å². The summed E-state index contributed by atoms with van der Waals surface area (Å²) in [6.07, 6.45) is 0.876. The van der Waals surface area contributed by atoms with Gasteiger partial charge in [0, 0.05) is 18.0 Å². The van der Waals surface area contributed by atoms with Gasteiger partial charge in [0.25, 0.3) is 0 Å². The first-order valence-corrected chi connectivity index (χ1v) is 4.80. The van der Waals surface area contributed by atoms with Gasteiger partial charge in [-0.1, -0.05) is 6.07 Å². The minimum atomic E-state index is 0. The van der Waals surface area contributed by atoms with Gasteiger partial charge in [0.1, 0.15) is 0 Å². The van der Waals surface area contributed by atoms with Crippen molar-refractivity contribution < 1.29 is 9.47 Å². The Morgan fingerprint density at radius 1 is 1.47 bits per heavy atom. The maximum Gasteiger partial charge on any atom is 0.166 e. The molecule has 0 spiro atoms. The topological polar surface area (TPSA) is 44.5 Å². The number of rotatable bonds is 1. The molecule has 2 rings (SSSR count). The highest BCUT2D eigenvalue weighted by molar-refractivity contribution is 5.85. The number of nitrogens with two attached hydrogens (primary N) is 1. The van der Waals surface area contributed by atoms with Gasteiger partial charge >= 0.3 is 0 Å². The standard InChI is InChI=1S/C11H15NO2.ClH/c1-7-3-4-9(13-2)11-10(7)8(12)5-6-14-11;/h3-4,8H,5-6,12H2,1-2H3;1H/t8-;/m1./s1. The number of hydrogen-bond acceptors (Lipinski definition) is 3. The lowest BCUT2D eigenvalue weighted by Gasteiger charge is -2.26. The van der Waals surface area contributed by atoms with Crippen molar-refractivity contribution in [3.8, 4) is 11.5 Å². The van der Waals surface area contributed by atoms with Gasteiger partial charge in [-0.2, -0.15) is 0 Å². The van der Waals surface area contributed by atoms with Crippen LogP contribution in [0.25, 0.3) is 0 Å². The van der Waals surface area contributed by atoms with Crippen molar-refractivity contribution in [3.63, 3.8) is 0 Å². The fourth-order valence-electron chi connectivity index (χ4n) is 1.88. The average molecular weight is 230 g/mol. The first kappa shape index (κ1) is 12.1. The summed E-state index contributed by atoms with van der Waals surface area (Å²) in [6.45, 7) is 2.72. The normalized spacial score (nSPS) is 18.5. The van der Waals surface area contributed by atoms with Crippen LogP contribution in [0, 0.1) is 6.92 Å². The lowest BCUT2D eigenvalue weighted by Crippen LogP contribution is -2.22. The fourth-order valence-corrected chi connectivity index (χ4v) is 1.88. The average Bonchev–Trinajstić information content (AvgIpc) is 2.18. The van der Waals surface area contributed by atoms with Gasteiger partial charge in [0.05, 0.1) is 13.7 Å². The summed E-state index contributed by atoms with van der Waals surface area (Å²) in [5, 5.41) is 0. The van der Waals surface area contributed by atoms with E-state index in [0.29, 0.717) is 6.61 Å². The van der Waals surface area contributed by atoms with Crippen molar-refractivity contribution in [1.29, 1.82) is 0 Å². The molecule has 84 valence electrons. The molecule has 0 bridgehead atoms. The highest BCUT2D eigenvalue weighted by Crippen LogP contribution is 2.40. The third-order valence-electron chi connectivity index (χ3n) is 2.64. The molecule has 1 aliphatic rings. The number of ether oxygens (including phenoxy) is 2. The SMILES string of the molecule is COc1ccc(C)c2c1OCC[C@H]2N.Cl. The maximum absolute atomic E-state index is 6.04. The molecule has 1 atom stereocenters. The third-order valence-corrected chi connectivity index (χ3v) is 2.64. The van der Waals surface area contributed by atoms with Crippen molar-refractivity contribution in [2.45, 2.75) is 19.4 Å². The number of benzene rings is 1. The first-order valence-electron chi connectivity index (χ1n) is 4.80. The Morgan fingerprint density at radius 3 is 2.87 bits per heavy atom. The molecule has 0 amide bonds. The van der Waals surface area contributed by atoms with E-state index in [4.69, 9.17) is 15.2 Å². The van der Waals surface area contributed by atoms with E-state index in [1.165, 1.54) is 5.56 Å². The maximum atomic E-state index is 6.04. The molecule has 0 saturated heterocycles.